The van der Waals surface area contributed by atoms with Crippen LogP contribution in [0, 0.1) is 35.0 Å². The number of fused-ring (bicyclic) bond motifs is 2. The summed E-state index contributed by atoms with van der Waals surface area (Å²) in [5.41, 5.74) is 2.88. The Hall–Kier alpha value is -3.72. The second-order valence-electron chi connectivity index (χ2n) is 11.7. The van der Waals surface area contributed by atoms with Crippen LogP contribution in [0.5, 0.6) is 0 Å². The number of amides is 2. The number of rotatable bonds is 10. The quantitative estimate of drug-likeness (QED) is 0.424. The van der Waals surface area contributed by atoms with Crippen molar-refractivity contribution in [2.75, 3.05) is 11.4 Å². The van der Waals surface area contributed by atoms with E-state index in [9.17, 15) is 19.2 Å². The Morgan fingerprint density at radius 2 is 1.51 bits per heavy atom. The van der Waals surface area contributed by atoms with Gasteiger partial charge in [0.2, 0.25) is 11.8 Å². The van der Waals surface area contributed by atoms with Gasteiger partial charge in [0.05, 0.1) is 12.2 Å². The lowest BCUT2D eigenvalue weighted by Gasteiger charge is -2.26. The van der Waals surface area contributed by atoms with E-state index in [0.717, 1.165) is 22.4 Å². The van der Waals surface area contributed by atoms with Gasteiger partial charge in [-0.05, 0) is 29.7 Å². The van der Waals surface area contributed by atoms with Crippen LogP contribution in [0.1, 0.15) is 77.5 Å². The highest BCUT2D eigenvalue weighted by Crippen LogP contribution is 2.26. The molecule has 0 bridgehead atoms. The molecular weight excluding hydrogens is 488 g/mol. The number of carbonyl (C=O) groups is 4. The lowest BCUT2D eigenvalue weighted by atomic mass is 9.81. The first-order valence-corrected chi connectivity index (χ1v) is 13.7. The van der Waals surface area contributed by atoms with Gasteiger partial charge in [0.25, 0.3) is 0 Å². The Kier molecular flexibility index (Phi) is 9.86. The summed E-state index contributed by atoms with van der Waals surface area (Å²) in [6.45, 7) is 11.7. The predicted molar refractivity (Wildman–Crippen MR) is 154 cm³/mol. The van der Waals surface area contributed by atoms with Gasteiger partial charge in [0, 0.05) is 54.2 Å². The van der Waals surface area contributed by atoms with Gasteiger partial charge < -0.3 is 10.2 Å². The number of nitrogens with one attached hydrogen (secondary N) is 1. The van der Waals surface area contributed by atoms with E-state index in [1.807, 2.05) is 83.1 Å². The van der Waals surface area contributed by atoms with E-state index in [4.69, 9.17) is 0 Å². The number of hydrogen-bond acceptors (Lipinski definition) is 4. The lowest BCUT2D eigenvalue weighted by molar-refractivity contribution is -0.134. The van der Waals surface area contributed by atoms with E-state index < -0.39 is 17.3 Å². The Labute approximate surface area is 232 Å². The van der Waals surface area contributed by atoms with E-state index in [2.05, 4.69) is 17.2 Å². The van der Waals surface area contributed by atoms with Crippen molar-refractivity contribution in [3.8, 4) is 11.8 Å². The molecule has 6 nitrogen and oxygen atoms in total. The van der Waals surface area contributed by atoms with E-state index in [1.54, 1.807) is 11.8 Å². The summed E-state index contributed by atoms with van der Waals surface area (Å²) in [5, 5.41) is 2.88. The minimum absolute atomic E-state index is 0.0341. The van der Waals surface area contributed by atoms with Crippen molar-refractivity contribution in [3.05, 3.63) is 65.2 Å². The number of Topliss-reactive ketones (excluding diaryl/α,β-unsaturated/α-hetero) is 2. The minimum Gasteiger partial charge on any atom is -0.355 e. The summed E-state index contributed by atoms with van der Waals surface area (Å²) in [4.78, 5) is 53.5. The fourth-order valence-electron chi connectivity index (χ4n) is 4.51. The molecule has 0 unspecified atom stereocenters. The maximum absolute atomic E-state index is 13.4. The molecule has 0 saturated heterocycles. The van der Waals surface area contributed by atoms with Crippen molar-refractivity contribution >= 4 is 29.1 Å². The van der Waals surface area contributed by atoms with Crippen LogP contribution in [-0.2, 0) is 25.7 Å². The molecule has 206 valence electrons. The summed E-state index contributed by atoms with van der Waals surface area (Å²) >= 11 is 0. The van der Waals surface area contributed by atoms with Crippen molar-refractivity contribution in [2.45, 2.75) is 67.3 Å². The van der Waals surface area contributed by atoms with Gasteiger partial charge in [-0.15, -0.1) is 0 Å². The van der Waals surface area contributed by atoms with Crippen LogP contribution in [0.25, 0.3) is 0 Å². The highest BCUT2D eigenvalue weighted by atomic mass is 16.2. The predicted octanol–water partition coefficient (Wildman–Crippen LogP) is 5.31. The molecule has 1 aliphatic heterocycles. The van der Waals surface area contributed by atoms with Gasteiger partial charge in [0.1, 0.15) is 11.6 Å². The first-order chi connectivity index (χ1) is 18.4. The lowest BCUT2D eigenvalue weighted by Crippen LogP contribution is -2.39. The number of hydrogen-bond donors (Lipinski definition) is 1. The Morgan fingerprint density at radius 1 is 0.897 bits per heavy atom. The van der Waals surface area contributed by atoms with Crippen molar-refractivity contribution in [3.63, 3.8) is 0 Å². The van der Waals surface area contributed by atoms with Crippen LogP contribution in [0.15, 0.2) is 48.5 Å². The first-order valence-electron chi connectivity index (χ1n) is 13.7. The zero-order chi connectivity index (χ0) is 28.7. The Bertz CT molecular complexity index is 1290. The highest BCUT2D eigenvalue weighted by molar-refractivity contribution is 5.96. The van der Waals surface area contributed by atoms with E-state index in [0.29, 0.717) is 6.54 Å². The molecule has 2 amide bonds. The van der Waals surface area contributed by atoms with Gasteiger partial charge in [-0.1, -0.05) is 83.7 Å². The molecule has 0 radical (unpaired) electrons. The molecule has 0 fully saturated rings. The van der Waals surface area contributed by atoms with Gasteiger partial charge in [-0.3, -0.25) is 19.2 Å². The van der Waals surface area contributed by atoms with Crippen LogP contribution < -0.4 is 10.2 Å². The molecule has 2 aromatic rings. The summed E-state index contributed by atoms with van der Waals surface area (Å²) in [6.07, 6.45) is 0.365. The SMILES string of the molecule is CC(C)[C@@H](CC(=O)[C@@H](C)CC(=O)C(C)(C)C)C(=O)NCCC(=O)N1Cc2ccccc2C#Cc2ccccc21. The molecule has 6 heteroatoms. The maximum Gasteiger partial charge on any atom is 0.229 e. The van der Waals surface area contributed by atoms with Crippen LogP contribution >= 0.6 is 0 Å². The largest absolute Gasteiger partial charge is 0.355 e. The number of benzene rings is 2. The van der Waals surface area contributed by atoms with E-state index in [1.165, 1.54) is 0 Å². The van der Waals surface area contributed by atoms with Gasteiger partial charge >= 0.3 is 0 Å². The van der Waals surface area contributed by atoms with Crippen LogP contribution in [0.3, 0.4) is 0 Å². The average Bonchev–Trinajstić information content (AvgIpc) is 2.87. The fourth-order valence-corrected chi connectivity index (χ4v) is 4.51. The zero-order valence-corrected chi connectivity index (χ0v) is 24.0. The van der Waals surface area contributed by atoms with E-state index >= 15 is 0 Å². The molecule has 1 aliphatic rings. The number of ketones is 2. The molecule has 0 spiro atoms. The third-order valence-electron chi connectivity index (χ3n) is 7.25. The first kappa shape index (κ1) is 29.8. The molecule has 2 atom stereocenters. The standard InChI is InChI=1S/C33H40N2O4/c1-22(2)27(20-29(36)23(3)19-30(37)33(4,5)6)32(39)34-18-17-31(38)35-21-26-13-8-7-11-24(26)15-16-25-12-9-10-14-28(25)35/h7-14,22-23,27H,17-21H2,1-6H3,(H,34,39)/t23-,27+/m0/s1. The average molecular weight is 529 g/mol. The number of carbonyl (C=O) groups excluding carboxylic acids is 4. The molecular formula is C33H40N2O4. The third-order valence-corrected chi connectivity index (χ3v) is 7.25. The Balaban J connectivity index is 1.63. The monoisotopic (exact) mass is 528 g/mol. The number of anilines is 1. The van der Waals surface area contributed by atoms with Crippen molar-refractivity contribution in [2.24, 2.45) is 23.2 Å². The number of nitrogens with zero attached hydrogens (tertiary/aromatic N) is 1. The third kappa shape index (κ3) is 7.89. The van der Waals surface area contributed by atoms with E-state index in [-0.39, 0.29) is 55.1 Å². The molecule has 0 aliphatic carbocycles. The molecule has 1 N–H and O–H groups in total. The molecule has 2 aromatic carbocycles. The fraction of sp³-hybridized carbons (Fsp3) is 0.455. The molecule has 39 heavy (non-hydrogen) atoms. The van der Waals surface area contributed by atoms with Gasteiger partial charge in [-0.2, -0.15) is 0 Å². The minimum atomic E-state index is -0.524. The summed E-state index contributed by atoms with van der Waals surface area (Å²) in [6, 6.07) is 15.4. The van der Waals surface area contributed by atoms with Crippen molar-refractivity contribution < 1.29 is 19.2 Å². The second-order valence-corrected chi connectivity index (χ2v) is 11.7. The molecule has 0 aromatic heterocycles. The molecule has 3 rings (SSSR count). The van der Waals surface area contributed by atoms with Crippen LogP contribution in [-0.4, -0.2) is 29.9 Å². The van der Waals surface area contributed by atoms with Gasteiger partial charge in [-0.25, -0.2) is 0 Å². The van der Waals surface area contributed by atoms with Gasteiger partial charge in [0.15, 0.2) is 0 Å². The molecule has 0 saturated carbocycles. The molecule has 1 heterocycles. The topological polar surface area (TPSA) is 83.5 Å². The Morgan fingerprint density at radius 3 is 2.18 bits per heavy atom. The van der Waals surface area contributed by atoms with Crippen molar-refractivity contribution in [1.29, 1.82) is 0 Å². The normalized spacial score (nSPS) is 14.1. The number of para-hydroxylation sites is 1. The van der Waals surface area contributed by atoms with Crippen molar-refractivity contribution in [1.82, 2.24) is 5.32 Å². The summed E-state index contributed by atoms with van der Waals surface area (Å²) < 4.78 is 0. The summed E-state index contributed by atoms with van der Waals surface area (Å²) in [7, 11) is 0. The maximum atomic E-state index is 13.4. The summed E-state index contributed by atoms with van der Waals surface area (Å²) in [5.74, 6) is 4.96. The zero-order valence-electron chi connectivity index (χ0n) is 24.0. The van der Waals surface area contributed by atoms with Crippen LogP contribution in [0.4, 0.5) is 5.69 Å². The highest BCUT2D eigenvalue weighted by Gasteiger charge is 2.30. The second kappa shape index (κ2) is 12.9. The smallest absolute Gasteiger partial charge is 0.229 e. The van der Waals surface area contributed by atoms with Crippen LogP contribution in [0.2, 0.25) is 0 Å².